The summed E-state index contributed by atoms with van der Waals surface area (Å²) in [6.45, 7) is 4.53. The smallest absolute Gasteiger partial charge is 0.234 e. The Bertz CT molecular complexity index is 452. The molecule has 0 saturated heterocycles. The summed E-state index contributed by atoms with van der Waals surface area (Å²) >= 11 is 0. The first-order valence-electron chi connectivity index (χ1n) is 7.01. The van der Waals surface area contributed by atoms with Crippen LogP contribution in [0.5, 0.6) is 5.75 Å². The molecule has 1 amide bonds. The standard InChI is InChI=1S/C15H25N3O3/c1-11(2)17-15(20)9-18(3)8-12(19)10-21-14-7-5-4-6-13(14)16/h4-7,11-12,19H,8-10,16H2,1-3H3,(H,17,20). The SMILES string of the molecule is CC(C)NC(=O)CN(C)CC(O)COc1ccccc1N. The van der Waals surface area contributed by atoms with E-state index < -0.39 is 6.10 Å². The highest BCUT2D eigenvalue weighted by Gasteiger charge is 2.13. The first-order chi connectivity index (χ1) is 9.88. The Balaban J connectivity index is 2.31. The predicted molar refractivity (Wildman–Crippen MR) is 83.1 cm³/mol. The van der Waals surface area contributed by atoms with Gasteiger partial charge in [0.25, 0.3) is 0 Å². The van der Waals surface area contributed by atoms with E-state index in [2.05, 4.69) is 5.32 Å². The van der Waals surface area contributed by atoms with Crippen LogP contribution in [0, 0.1) is 0 Å². The van der Waals surface area contributed by atoms with Gasteiger partial charge in [-0.25, -0.2) is 0 Å². The molecule has 1 aromatic carbocycles. The number of carbonyl (C=O) groups is 1. The number of nitrogen functional groups attached to an aromatic ring is 1. The Labute approximate surface area is 125 Å². The van der Waals surface area contributed by atoms with E-state index in [1.165, 1.54) is 0 Å². The molecule has 0 aromatic heterocycles. The van der Waals surface area contributed by atoms with Crippen molar-refractivity contribution in [1.29, 1.82) is 0 Å². The molecule has 4 N–H and O–H groups in total. The van der Waals surface area contributed by atoms with Crippen molar-refractivity contribution in [3.63, 3.8) is 0 Å². The quantitative estimate of drug-likeness (QED) is 0.607. The lowest BCUT2D eigenvalue weighted by Crippen LogP contribution is -2.42. The second kappa shape index (κ2) is 8.49. The Morgan fingerprint density at radius 3 is 2.71 bits per heavy atom. The molecule has 0 fully saturated rings. The lowest BCUT2D eigenvalue weighted by molar-refractivity contribution is -0.122. The van der Waals surface area contributed by atoms with Crippen molar-refractivity contribution in [2.24, 2.45) is 0 Å². The molecule has 1 aromatic rings. The fourth-order valence-electron chi connectivity index (χ4n) is 1.89. The van der Waals surface area contributed by atoms with Crippen LogP contribution in [-0.4, -0.2) is 54.8 Å². The number of rotatable bonds is 8. The van der Waals surface area contributed by atoms with Gasteiger partial charge in [-0.2, -0.15) is 0 Å². The van der Waals surface area contributed by atoms with Crippen molar-refractivity contribution in [2.45, 2.75) is 26.0 Å². The summed E-state index contributed by atoms with van der Waals surface area (Å²) in [6.07, 6.45) is -0.693. The zero-order valence-electron chi connectivity index (χ0n) is 12.9. The van der Waals surface area contributed by atoms with E-state index in [-0.39, 0.29) is 25.1 Å². The van der Waals surface area contributed by atoms with Crippen LogP contribution in [0.2, 0.25) is 0 Å². The number of amides is 1. The monoisotopic (exact) mass is 295 g/mol. The maximum atomic E-state index is 11.6. The van der Waals surface area contributed by atoms with Crippen molar-refractivity contribution in [1.82, 2.24) is 10.2 Å². The number of hydrogen-bond donors (Lipinski definition) is 3. The van der Waals surface area contributed by atoms with E-state index in [1.54, 1.807) is 24.1 Å². The highest BCUT2D eigenvalue weighted by molar-refractivity contribution is 5.78. The fraction of sp³-hybridized carbons (Fsp3) is 0.533. The van der Waals surface area contributed by atoms with Crippen LogP contribution >= 0.6 is 0 Å². The van der Waals surface area contributed by atoms with E-state index in [9.17, 15) is 9.90 Å². The highest BCUT2D eigenvalue weighted by atomic mass is 16.5. The third-order valence-electron chi connectivity index (χ3n) is 2.74. The summed E-state index contributed by atoms with van der Waals surface area (Å²) in [5.74, 6) is 0.490. The Morgan fingerprint density at radius 1 is 1.43 bits per heavy atom. The molecule has 0 radical (unpaired) electrons. The molecular formula is C15H25N3O3. The normalized spacial score (nSPS) is 12.5. The molecule has 0 heterocycles. The van der Waals surface area contributed by atoms with E-state index >= 15 is 0 Å². The van der Waals surface area contributed by atoms with Gasteiger partial charge < -0.3 is 20.9 Å². The molecule has 0 aliphatic rings. The summed E-state index contributed by atoms with van der Waals surface area (Å²) in [5, 5.41) is 12.7. The first-order valence-corrected chi connectivity index (χ1v) is 7.01. The van der Waals surface area contributed by atoms with Crippen molar-refractivity contribution in [3.8, 4) is 5.75 Å². The minimum Gasteiger partial charge on any atom is -0.489 e. The van der Waals surface area contributed by atoms with E-state index in [4.69, 9.17) is 10.5 Å². The number of aliphatic hydroxyl groups excluding tert-OH is 1. The highest BCUT2D eigenvalue weighted by Crippen LogP contribution is 2.19. The second-order valence-corrected chi connectivity index (χ2v) is 5.42. The van der Waals surface area contributed by atoms with Gasteiger partial charge in [-0.3, -0.25) is 9.69 Å². The number of likely N-dealkylation sites (N-methyl/N-ethyl adjacent to an activating group) is 1. The van der Waals surface area contributed by atoms with Gasteiger partial charge in [-0.05, 0) is 33.0 Å². The molecule has 0 saturated carbocycles. The van der Waals surface area contributed by atoms with Crippen molar-refractivity contribution in [2.75, 3.05) is 32.5 Å². The van der Waals surface area contributed by atoms with Crippen LogP contribution < -0.4 is 15.8 Å². The number of nitrogens with two attached hydrogens (primary N) is 1. The van der Waals surface area contributed by atoms with Crippen LogP contribution in [0.25, 0.3) is 0 Å². The third kappa shape index (κ3) is 6.97. The maximum Gasteiger partial charge on any atom is 0.234 e. The second-order valence-electron chi connectivity index (χ2n) is 5.42. The van der Waals surface area contributed by atoms with Gasteiger partial charge in [-0.15, -0.1) is 0 Å². The van der Waals surface area contributed by atoms with Crippen molar-refractivity contribution < 1.29 is 14.6 Å². The number of ether oxygens (including phenoxy) is 1. The summed E-state index contributed by atoms with van der Waals surface area (Å²) in [5.41, 5.74) is 6.29. The zero-order valence-corrected chi connectivity index (χ0v) is 12.9. The minimum absolute atomic E-state index is 0.0621. The average molecular weight is 295 g/mol. The first kappa shape index (κ1) is 17.3. The fourth-order valence-corrected chi connectivity index (χ4v) is 1.89. The molecule has 6 nitrogen and oxygen atoms in total. The molecule has 1 unspecified atom stereocenters. The summed E-state index contributed by atoms with van der Waals surface area (Å²) in [6, 6.07) is 7.24. The van der Waals surface area contributed by atoms with Gasteiger partial charge in [0.15, 0.2) is 0 Å². The minimum atomic E-state index is -0.693. The number of para-hydroxylation sites is 2. The molecule has 0 aliphatic heterocycles. The van der Waals surface area contributed by atoms with E-state index in [1.807, 2.05) is 26.0 Å². The Hall–Kier alpha value is -1.79. The third-order valence-corrected chi connectivity index (χ3v) is 2.74. The van der Waals surface area contributed by atoms with Gasteiger partial charge in [0, 0.05) is 12.6 Å². The van der Waals surface area contributed by atoms with Crippen LogP contribution in [-0.2, 0) is 4.79 Å². The molecule has 1 atom stereocenters. The summed E-state index contributed by atoms with van der Waals surface area (Å²) in [4.78, 5) is 13.3. The van der Waals surface area contributed by atoms with E-state index in [0.29, 0.717) is 18.0 Å². The molecule has 21 heavy (non-hydrogen) atoms. The van der Waals surface area contributed by atoms with Crippen LogP contribution in [0.4, 0.5) is 5.69 Å². The number of anilines is 1. The molecular weight excluding hydrogens is 270 g/mol. The Morgan fingerprint density at radius 2 is 2.10 bits per heavy atom. The number of aliphatic hydroxyl groups is 1. The number of carbonyl (C=O) groups excluding carboxylic acids is 1. The van der Waals surface area contributed by atoms with Gasteiger partial charge in [0.05, 0.1) is 12.2 Å². The topological polar surface area (TPSA) is 87.8 Å². The van der Waals surface area contributed by atoms with Gasteiger partial charge in [0.1, 0.15) is 18.5 Å². The largest absolute Gasteiger partial charge is 0.489 e. The maximum absolute atomic E-state index is 11.6. The number of benzene rings is 1. The lowest BCUT2D eigenvalue weighted by atomic mass is 10.3. The van der Waals surface area contributed by atoms with Crippen molar-refractivity contribution in [3.05, 3.63) is 24.3 Å². The van der Waals surface area contributed by atoms with Crippen LogP contribution in [0.1, 0.15) is 13.8 Å². The summed E-state index contributed by atoms with van der Waals surface area (Å²) < 4.78 is 5.47. The molecule has 6 heteroatoms. The van der Waals surface area contributed by atoms with Crippen LogP contribution in [0.15, 0.2) is 24.3 Å². The molecule has 0 bridgehead atoms. The summed E-state index contributed by atoms with van der Waals surface area (Å²) in [7, 11) is 1.78. The zero-order chi connectivity index (χ0) is 15.8. The Kier molecular flexibility index (Phi) is 6.98. The number of nitrogens with one attached hydrogen (secondary N) is 1. The molecule has 0 spiro atoms. The van der Waals surface area contributed by atoms with Gasteiger partial charge in [0.2, 0.25) is 5.91 Å². The number of nitrogens with zero attached hydrogens (tertiary/aromatic N) is 1. The van der Waals surface area contributed by atoms with E-state index in [0.717, 1.165) is 0 Å². The van der Waals surface area contributed by atoms with Crippen molar-refractivity contribution >= 4 is 11.6 Å². The average Bonchev–Trinajstić information content (AvgIpc) is 2.36. The molecule has 118 valence electrons. The molecule has 0 aliphatic carbocycles. The predicted octanol–water partition coefficient (Wildman–Crippen LogP) is 0.465. The molecule has 1 rings (SSSR count). The van der Waals surface area contributed by atoms with Gasteiger partial charge >= 0.3 is 0 Å². The lowest BCUT2D eigenvalue weighted by Gasteiger charge is -2.21. The van der Waals surface area contributed by atoms with Gasteiger partial charge in [-0.1, -0.05) is 12.1 Å². The number of hydrogen-bond acceptors (Lipinski definition) is 5. The van der Waals surface area contributed by atoms with Crippen LogP contribution in [0.3, 0.4) is 0 Å².